The van der Waals surface area contributed by atoms with E-state index in [1.165, 1.54) is 19.2 Å². The van der Waals surface area contributed by atoms with Gasteiger partial charge in [-0.3, -0.25) is 10.1 Å². The topological polar surface area (TPSA) is 98.6 Å². The molecule has 0 saturated carbocycles. The second kappa shape index (κ2) is 7.15. The quantitative estimate of drug-likeness (QED) is 0.631. The van der Waals surface area contributed by atoms with Crippen molar-refractivity contribution in [1.82, 2.24) is 0 Å². The van der Waals surface area contributed by atoms with E-state index < -0.39 is 17.1 Å². The number of halogens is 1. The molecule has 0 bridgehead atoms. The van der Waals surface area contributed by atoms with Crippen LogP contribution < -0.4 is 10.5 Å². The van der Waals surface area contributed by atoms with Gasteiger partial charge in [0.25, 0.3) is 0 Å². The van der Waals surface area contributed by atoms with Gasteiger partial charge in [0.05, 0.1) is 24.2 Å². The largest absolute Gasteiger partial charge is 0.490 e. The third kappa shape index (κ3) is 3.56. The molecular formula is C11H17ClN2O4. The summed E-state index contributed by atoms with van der Waals surface area (Å²) in [7, 11) is 1.36. The number of rotatable bonds is 5. The minimum absolute atomic E-state index is 0. The van der Waals surface area contributed by atoms with Gasteiger partial charge in [-0.05, 0) is 18.1 Å². The van der Waals surface area contributed by atoms with Crippen LogP contribution in [0, 0.1) is 10.1 Å². The Bertz CT molecular complexity index is 414. The first-order valence-electron chi connectivity index (χ1n) is 5.27. The molecule has 0 fully saturated rings. The van der Waals surface area contributed by atoms with Gasteiger partial charge >= 0.3 is 5.69 Å². The van der Waals surface area contributed by atoms with Crippen LogP contribution in [0.2, 0.25) is 0 Å². The van der Waals surface area contributed by atoms with Crippen LogP contribution >= 0.6 is 12.4 Å². The molecule has 3 N–H and O–H groups in total. The number of nitro groups is 1. The van der Waals surface area contributed by atoms with Crippen molar-refractivity contribution in [1.29, 1.82) is 0 Å². The van der Waals surface area contributed by atoms with E-state index >= 15 is 0 Å². The van der Waals surface area contributed by atoms with Gasteiger partial charge in [-0.15, -0.1) is 12.4 Å². The zero-order chi connectivity index (χ0) is 13.0. The third-order valence-electron chi connectivity index (χ3n) is 2.62. The third-order valence-corrected chi connectivity index (χ3v) is 2.62. The van der Waals surface area contributed by atoms with E-state index in [0.29, 0.717) is 12.0 Å². The van der Waals surface area contributed by atoms with Gasteiger partial charge in [0.15, 0.2) is 5.75 Å². The highest BCUT2D eigenvalue weighted by Crippen LogP contribution is 2.30. The molecule has 0 spiro atoms. The SMILES string of the molecule is CC[C@H](O)[C@H](N)c1ccc(OC)c([N+](=O)[O-])c1.Cl. The second-order valence-corrected chi connectivity index (χ2v) is 3.69. The van der Waals surface area contributed by atoms with Crippen LogP contribution in [0.1, 0.15) is 24.9 Å². The minimum Gasteiger partial charge on any atom is -0.490 e. The lowest BCUT2D eigenvalue weighted by molar-refractivity contribution is -0.385. The molecule has 0 radical (unpaired) electrons. The lowest BCUT2D eigenvalue weighted by atomic mass is 10.00. The molecular weight excluding hydrogens is 260 g/mol. The summed E-state index contributed by atoms with van der Waals surface area (Å²) in [6.45, 7) is 1.79. The maximum Gasteiger partial charge on any atom is 0.311 e. The summed E-state index contributed by atoms with van der Waals surface area (Å²) < 4.78 is 4.88. The zero-order valence-electron chi connectivity index (χ0n) is 10.2. The van der Waals surface area contributed by atoms with Crippen molar-refractivity contribution >= 4 is 18.1 Å². The summed E-state index contributed by atoms with van der Waals surface area (Å²) in [5.41, 5.74) is 6.17. The molecule has 0 saturated heterocycles. The van der Waals surface area contributed by atoms with Gasteiger partial charge in [0, 0.05) is 6.07 Å². The highest BCUT2D eigenvalue weighted by atomic mass is 35.5. The summed E-state index contributed by atoms with van der Waals surface area (Å²) in [4.78, 5) is 10.3. The molecule has 0 heterocycles. The monoisotopic (exact) mass is 276 g/mol. The van der Waals surface area contributed by atoms with Crippen molar-refractivity contribution in [2.45, 2.75) is 25.5 Å². The van der Waals surface area contributed by atoms with E-state index in [9.17, 15) is 15.2 Å². The fourth-order valence-corrected chi connectivity index (χ4v) is 1.53. The Hall–Kier alpha value is -1.37. The molecule has 0 aliphatic rings. The van der Waals surface area contributed by atoms with Gasteiger partial charge in [0.2, 0.25) is 0 Å². The van der Waals surface area contributed by atoms with Crippen LogP contribution in [-0.4, -0.2) is 23.2 Å². The summed E-state index contributed by atoms with van der Waals surface area (Å²) in [6, 6.07) is 3.80. The predicted octanol–water partition coefficient (Wildman–Crippen LogP) is 1.80. The van der Waals surface area contributed by atoms with E-state index in [1.54, 1.807) is 13.0 Å². The molecule has 7 heteroatoms. The van der Waals surface area contributed by atoms with E-state index in [0.717, 1.165) is 0 Å². The fourth-order valence-electron chi connectivity index (χ4n) is 1.53. The molecule has 6 nitrogen and oxygen atoms in total. The molecule has 1 rings (SSSR count). The van der Waals surface area contributed by atoms with Crippen LogP contribution in [0.15, 0.2) is 18.2 Å². The standard InChI is InChI=1S/C11H16N2O4.ClH/c1-3-9(14)11(12)7-4-5-10(17-2)8(6-7)13(15)16;/h4-6,9,11,14H,3,12H2,1-2H3;1H/t9-,11+;/m0./s1. The Morgan fingerprint density at radius 2 is 2.17 bits per heavy atom. The lowest BCUT2D eigenvalue weighted by Gasteiger charge is -2.17. The van der Waals surface area contributed by atoms with Crippen molar-refractivity contribution in [2.24, 2.45) is 5.73 Å². The maximum absolute atomic E-state index is 10.8. The molecule has 18 heavy (non-hydrogen) atoms. The van der Waals surface area contributed by atoms with Gasteiger partial charge in [-0.2, -0.15) is 0 Å². The first-order chi connectivity index (χ1) is 8.01. The van der Waals surface area contributed by atoms with Crippen molar-refractivity contribution < 1.29 is 14.8 Å². The molecule has 0 aliphatic carbocycles. The molecule has 0 unspecified atom stereocenters. The normalized spacial score (nSPS) is 13.3. The summed E-state index contributed by atoms with van der Waals surface area (Å²) >= 11 is 0. The van der Waals surface area contributed by atoms with Crippen molar-refractivity contribution in [2.75, 3.05) is 7.11 Å². The second-order valence-electron chi connectivity index (χ2n) is 3.69. The molecule has 0 aliphatic heterocycles. The number of hydrogen-bond acceptors (Lipinski definition) is 5. The fraction of sp³-hybridized carbons (Fsp3) is 0.455. The van der Waals surface area contributed by atoms with E-state index in [-0.39, 0.29) is 23.8 Å². The minimum atomic E-state index is -0.719. The van der Waals surface area contributed by atoms with Crippen molar-refractivity contribution in [3.8, 4) is 5.75 Å². The van der Waals surface area contributed by atoms with Gasteiger partial charge in [0.1, 0.15) is 0 Å². The molecule has 0 aromatic heterocycles. The smallest absolute Gasteiger partial charge is 0.311 e. The molecule has 2 atom stereocenters. The number of ether oxygens (including phenoxy) is 1. The summed E-state index contributed by atoms with van der Waals surface area (Å²) in [5, 5.41) is 20.4. The first-order valence-corrected chi connectivity index (χ1v) is 5.27. The van der Waals surface area contributed by atoms with Gasteiger partial charge in [-0.1, -0.05) is 13.0 Å². The predicted molar refractivity (Wildman–Crippen MR) is 70.1 cm³/mol. The van der Waals surface area contributed by atoms with Gasteiger partial charge in [-0.25, -0.2) is 0 Å². The Morgan fingerprint density at radius 1 is 1.56 bits per heavy atom. The van der Waals surface area contributed by atoms with Crippen LogP contribution in [0.4, 0.5) is 5.69 Å². The summed E-state index contributed by atoms with van der Waals surface area (Å²) in [6.07, 6.45) is -0.232. The van der Waals surface area contributed by atoms with Crippen molar-refractivity contribution in [3.05, 3.63) is 33.9 Å². The Morgan fingerprint density at radius 3 is 2.61 bits per heavy atom. The highest BCUT2D eigenvalue weighted by molar-refractivity contribution is 5.85. The van der Waals surface area contributed by atoms with Crippen molar-refractivity contribution in [3.63, 3.8) is 0 Å². The van der Waals surface area contributed by atoms with Crippen LogP contribution in [0.3, 0.4) is 0 Å². The number of hydrogen-bond donors (Lipinski definition) is 2. The Balaban J connectivity index is 0.00000289. The van der Waals surface area contributed by atoms with Crippen LogP contribution in [-0.2, 0) is 0 Å². The lowest BCUT2D eigenvalue weighted by Crippen LogP contribution is -2.25. The number of nitro benzene ring substituents is 1. The average molecular weight is 277 g/mol. The average Bonchev–Trinajstić information content (AvgIpc) is 2.35. The highest BCUT2D eigenvalue weighted by Gasteiger charge is 2.21. The molecule has 1 aromatic carbocycles. The first kappa shape index (κ1) is 16.6. The Labute approximate surface area is 111 Å². The summed E-state index contributed by atoms with van der Waals surface area (Å²) in [5.74, 6) is 0.178. The maximum atomic E-state index is 10.8. The van der Waals surface area contributed by atoms with E-state index in [1.807, 2.05) is 0 Å². The molecule has 0 amide bonds. The van der Waals surface area contributed by atoms with Gasteiger partial charge < -0.3 is 15.6 Å². The Kier molecular flexibility index (Phi) is 6.61. The number of nitrogens with zero attached hydrogens (tertiary/aromatic N) is 1. The van der Waals surface area contributed by atoms with E-state index in [2.05, 4.69) is 0 Å². The van der Waals surface area contributed by atoms with E-state index in [4.69, 9.17) is 10.5 Å². The zero-order valence-corrected chi connectivity index (χ0v) is 11.0. The molecule has 1 aromatic rings. The number of aliphatic hydroxyl groups excluding tert-OH is 1. The number of methoxy groups -OCH3 is 1. The number of aliphatic hydroxyl groups is 1. The number of benzene rings is 1. The number of nitrogens with two attached hydrogens (primary N) is 1. The van der Waals surface area contributed by atoms with Crippen LogP contribution in [0.5, 0.6) is 5.75 Å². The molecule has 102 valence electrons. The van der Waals surface area contributed by atoms with Crippen LogP contribution in [0.25, 0.3) is 0 Å².